The molecule has 0 spiro atoms. The molecule has 0 aliphatic rings. The standard InChI is InChI=1S/C43H82NO8P/c1-5-7-9-11-13-15-17-19-21-23-25-27-29-31-33-35-42(45)49-39-41(40-51-53(47,48)50-38-37-44(3)4)52-43(46)36-34-32-30-28-26-24-22-20-18-16-14-12-10-8-6-2/h19-22,41H,5-18,23-40H2,1-4H3,(H,47,48)/b21-19-,22-20-/t41-/m1/s1. The highest BCUT2D eigenvalue weighted by Crippen LogP contribution is 2.38. The molecule has 0 saturated carbocycles. The minimum atomic E-state index is -4.60. The third-order valence-corrected chi connectivity index (χ3v) is 10.2. The van der Waals surface area contributed by atoms with Gasteiger partial charge in [-0.15, -0.1) is 0 Å². The van der Waals surface area contributed by atoms with Crippen LogP contribution in [-0.2, 0) is 32.7 Å². The second kappa shape index (κ2) is 38.8. The van der Waals surface area contributed by atoms with Gasteiger partial charge in [0.25, 0.3) is 7.82 Å². The number of rotatable bonds is 40. The van der Waals surface area contributed by atoms with E-state index < -0.39 is 32.5 Å². The average molecular weight is 772 g/mol. The molecule has 312 valence electrons. The molecule has 0 aromatic heterocycles. The SMILES string of the molecule is CCCCCCCC/C=C\CCCCCCCC(=O)OC[C@H](COP(=O)([O-])OCC[NH+](C)C)OC(=O)CCCCCCC/C=C\CCCCCCCC. The number of hydrogen-bond donors (Lipinski definition) is 1. The van der Waals surface area contributed by atoms with E-state index in [1.54, 1.807) is 0 Å². The number of quaternary nitrogens is 1. The molecular formula is C43H82NO8P. The van der Waals surface area contributed by atoms with Gasteiger partial charge in [-0.25, -0.2) is 0 Å². The van der Waals surface area contributed by atoms with Crippen molar-refractivity contribution in [2.75, 3.05) is 40.5 Å². The third kappa shape index (κ3) is 40.0. The quantitative estimate of drug-likeness (QED) is 0.0283. The molecule has 0 aromatic rings. The van der Waals surface area contributed by atoms with Crippen LogP contribution in [0.4, 0.5) is 0 Å². The second-order valence-corrected chi connectivity index (χ2v) is 16.4. The fraction of sp³-hybridized carbons (Fsp3) is 0.860. The molecule has 9 nitrogen and oxygen atoms in total. The number of esters is 2. The van der Waals surface area contributed by atoms with Crippen LogP contribution in [-0.4, -0.2) is 58.5 Å². The summed E-state index contributed by atoms with van der Waals surface area (Å²) in [4.78, 5) is 38.3. The predicted molar refractivity (Wildman–Crippen MR) is 217 cm³/mol. The lowest BCUT2D eigenvalue weighted by Crippen LogP contribution is -3.06. The van der Waals surface area contributed by atoms with E-state index in [4.69, 9.17) is 18.5 Å². The molecule has 0 aliphatic heterocycles. The minimum absolute atomic E-state index is 0.0199. The first-order chi connectivity index (χ1) is 25.7. The number of nitrogens with one attached hydrogen (secondary N) is 1. The highest BCUT2D eigenvalue weighted by molar-refractivity contribution is 7.45. The summed E-state index contributed by atoms with van der Waals surface area (Å²) in [7, 11) is -0.826. The van der Waals surface area contributed by atoms with Crippen molar-refractivity contribution in [3.05, 3.63) is 24.3 Å². The number of carbonyl (C=O) groups is 2. The molecule has 0 heterocycles. The molecule has 1 N–H and O–H groups in total. The molecule has 0 rings (SSSR count). The lowest BCUT2D eigenvalue weighted by Gasteiger charge is -2.25. The smallest absolute Gasteiger partial charge is 0.306 e. The van der Waals surface area contributed by atoms with Crippen molar-refractivity contribution < 1.29 is 42.5 Å². The van der Waals surface area contributed by atoms with Crippen LogP contribution in [0.2, 0.25) is 0 Å². The Hall–Kier alpha value is -1.51. The van der Waals surface area contributed by atoms with E-state index in [-0.39, 0.29) is 26.1 Å². The average Bonchev–Trinajstić information content (AvgIpc) is 3.12. The maximum atomic E-state index is 12.6. The van der Waals surface area contributed by atoms with Gasteiger partial charge in [0.2, 0.25) is 0 Å². The Bertz CT molecular complexity index is 941. The number of hydrogen-bond acceptors (Lipinski definition) is 8. The van der Waals surface area contributed by atoms with E-state index in [1.165, 1.54) is 89.9 Å². The van der Waals surface area contributed by atoms with Crippen molar-refractivity contribution in [2.45, 2.75) is 200 Å². The first kappa shape index (κ1) is 51.5. The molecular weight excluding hydrogens is 689 g/mol. The molecule has 2 atom stereocenters. The van der Waals surface area contributed by atoms with Gasteiger partial charge in [0.05, 0.1) is 20.7 Å². The largest absolute Gasteiger partial charge is 0.756 e. The van der Waals surface area contributed by atoms with Crippen LogP contribution in [0.3, 0.4) is 0 Å². The summed E-state index contributed by atoms with van der Waals surface area (Å²) in [5.74, 6) is -0.848. The Morgan fingerprint density at radius 3 is 1.40 bits per heavy atom. The topological polar surface area (TPSA) is 116 Å². The number of likely N-dealkylation sites (N-methyl/N-ethyl adjacent to an activating group) is 1. The van der Waals surface area contributed by atoms with Gasteiger partial charge in [-0.05, 0) is 64.2 Å². The molecule has 1 unspecified atom stereocenters. The zero-order valence-corrected chi connectivity index (χ0v) is 35.6. The Morgan fingerprint density at radius 1 is 0.566 bits per heavy atom. The summed E-state index contributed by atoms with van der Waals surface area (Å²) >= 11 is 0. The van der Waals surface area contributed by atoms with Crippen LogP contribution in [0.5, 0.6) is 0 Å². The van der Waals surface area contributed by atoms with Crippen LogP contribution in [0, 0.1) is 0 Å². The maximum absolute atomic E-state index is 12.6. The van der Waals surface area contributed by atoms with Gasteiger partial charge in [-0.1, -0.05) is 141 Å². The highest BCUT2D eigenvalue weighted by Gasteiger charge is 2.21. The molecule has 10 heteroatoms. The first-order valence-corrected chi connectivity index (χ1v) is 23.2. The zero-order valence-electron chi connectivity index (χ0n) is 34.7. The van der Waals surface area contributed by atoms with Crippen LogP contribution in [0.1, 0.15) is 194 Å². The van der Waals surface area contributed by atoms with E-state index >= 15 is 0 Å². The third-order valence-electron chi connectivity index (χ3n) is 9.28. The van der Waals surface area contributed by atoms with E-state index in [1.807, 2.05) is 14.1 Å². The Kier molecular flexibility index (Phi) is 37.6. The molecule has 0 aliphatic carbocycles. The number of phosphoric ester groups is 1. The van der Waals surface area contributed by atoms with Gasteiger partial charge >= 0.3 is 11.9 Å². The van der Waals surface area contributed by atoms with E-state index in [0.717, 1.165) is 75.5 Å². The number of phosphoric acid groups is 1. The molecule has 0 aromatic carbocycles. The minimum Gasteiger partial charge on any atom is -0.756 e. The van der Waals surface area contributed by atoms with Gasteiger partial charge < -0.3 is 28.3 Å². The highest BCUT2D eigenvalue weighted by atomic mass is 31.2. The van der Waals surface area contributed by atoms with E-state index in [9.17, 15) is 19.0 Å². The monoisotopic (exact) mass is 772 g/mol. The fourth-order valence-corrected chi connectivity index (χ4v) is 6.61. The Balaban J connectivity index is 4.32. The fourth-order valence-electron chi connectivity index (χ4n) is 5.87. The lowest BCUT2D eigenvalue weighted by atomic mass is 10.1. The van der Waals surface area contributed by atoms with E-state index in [2.05, 4.69) is 38.2 Å². The van der Waals surface area contributed by atoms with Gasteiger partial charge in [0.1, 0.15) is 19.8 Å². The van der Waals surface area contributed by atoms with Crippen molar-refractivity contribution in [3.8, 4) is 0 Å². The van der Waals surface area contributed by atoms with Gasteiger partial charge in [0.15, 0.2) is 6.10 Å². The zero-order chi connectivity index (χ0) is 39.1. The summed E-state index contributed by atoms with van der Waals surface area (Å²) < 4.78 is 33.1. The molecule has 0 bridgehead atoms. The van der Waals surface area contributed by atoms with Gasteiger partial charge in [-0.2, -0.15) is 0 Å². The number of unbranched alkanes of at least 4 members (excludes halogenated alkanes) is 22. The summed E-state index contributed by atoms with van der Waals surface area (Å²) in [6, 6.07) is 0. The number of carbonyl (C=O) groups excluding carboxylic acids is 2. The summed E-state index contributed by atoms with van der Waals surface area (Å²) in [5, 5.41) is 0. The van der Waals surface area contributed by atoms with Crippen LogP contribution in [0.25, 0.3) is 0 Å². The summed E-state index contributed by atoms with van der Waals surface area (Å²) in [5.41, 5.74) is 0. The maximum Gasteiger partial charge on any atom is 0.306 e. The van der Waals surface area contributed by atoms with E-state index in [0.29, 0.717) is 13.0 Å². The lowest BCUT2D eigenvalue weighted by molar-refractivity contribution is -0.858. The summed E-state index contributed by atoms with van der Waals surface area (Å²) in [6.07, 6.45) is 39.1. The molecule has 0 amide bonds. The molecule has 53 heavy (non-hydrogen) atoms. The number of ether oxygens (including phenoxy) is 2. The van der Waals surface area contributed by atoms with Crippen molar-refractivity contribution in [1.29, 1.82) is 0 Å². The van der Waals surface area contributed by atoms with Crippen LogP contribution >= 0.6 is 7.82 Å². The van der Waals surface area contributed by atoms with Gasteiger partial charge in [0, 0.05) is 12.8 Å². The summed E-state index contributed by atoms with van der Waals surface area (Å²) in [6.45, 7) is 4.24. The predicted octanol–water partition coefficient (Wildman–Crippen LogP) is 10.2. The number of allylic oxidation sites excluding steroid dienone is 4. The molecule has 0 fully saturated rings. The van der Waals surface area contributed by atoms with Crippen molar-refractivity contribution >= 4 is 19.8 Å². The van der Waals surface area contributed by atoms with Crippen LogP contribution in [0.15, 0.2) is 24.3 Å². The normalized spacial score (nSPS) is 13.6. The van der Waals surface area contributed by atoms with Crippen molar-refractivity contribution in [2.24, 2.45) is 0 Å². The Morgan fingerprint density at radius 2 is 0.962 bits per heavy atom. The molecule has 0 radical (unpaired) electrons. The molecule has 0 saturated heterocycles. The Labute approximate surface area is 326 Å². The second-order valence-electron chi connectivity index (χ2n) is 15.0. The van der Waals surface area contributed by atoms with Crippen LogP contribution < -0.4 is 9.79 Å². The first-order valence-electron chi connectivity index (χ1n) is 21.7. The van der Waals surface area contributed by atoms with Gasteiger partial charge in [-0.3, -0.25) is 14.2 Å². The van der Waals surface area contributed by atoms with Crippen molar-refractivity contribution in [1.82, 2.24) is 0 Å². The van der Waals surface area contributed by atoms with Crippen molar-refractivity contribution in [3.63, 3.8) is 0 Å².